The largest absolute Gasteiger partial charge is 0.380 e. The van der Waals surface area contributed by atoms with E-state index in [0.717, 1.165) is 32.8 Å². The highest BCUT2D eigenvalue weighted by atomic mass is 16.5. The Hall–Kier alpha value is -0.120. The average molecular weight is 214 g/mol. The van der Waals surface area contributed by atoms with E-state index in [2.05, 4.69) is 31.0 Å². The Morgan fingerprint density at radius 2 is 1.87 bits per heavy atom. The van der Waals surface area contributed by atoms with E-state index in [1.807, 2.05) is 0 Å². The molecule has 1 heterocycles. The third-order valence-corrected chi connectivity index (χ3v) is 3.15. The van der Waals surface area contributed by atoms with Crippen molar-refractivity contribution in [3.8, 4) is 0 Å². The van der Waals surface area contributed by atoms with Gasteiger partial charge in [-0.2, -0.15) is 0 Å². The Balaban J connectivity index is 2.12. The number of ether oxygens (including phenoxy) is 1. The molecule has 3 nitrogen and oxygen atoms in total. The molecule has 0 aromatic heterocycles. The van der Waals surface area contributed by atoms with E-state index in [-0.39, 0.29) is 0 Å². The summed E-state index contributed by atoms with van der Waals surface area (Å²) in [4.78, 5) is 2.54. The first-order valence-electron chi connectivity index (χ1n) is 6.30. The van der Waals surface area contributed by atoms with Crippen molar-refractivity contribution in [3.05, 3.63) is 0 Å². The molecule has 1 aliphatic rings. The molecule has 0 amide bonds. The number of nitrogens with one attached hydrogen (secondary N) is 1. The Labute approximate surface area is 94.2 Å². The van der Waals surface area contributed by atoms with Crippen LogP contribution in [0.25, 0.3) is 0 Å². The molecule has 15 heavy (non-hydrogen) atoms. The molecular weight excluding hydrogens is 188 g/mol. The molecule has 0 saturated carbocycles. The van der Waals surface area contributed by atoms with Crippen LogP contribution in [0, 0.1) is 0 Å². The molecule has 0 bridgehead atoms. The number of hydrogen-bond donors (Lipinski definition) is 1. The van der Waals surface area contributed by atoms with Crippen molar-refractivity contribution in [2.75, 3.05) is 32.8 Å². The van der Waals surface area contributed by atoms with Gasteiger partial charge in [-0.25, -0.2) is 0 Å². The van der Waals surface area contributed by atoms with Crippen LogP contribution in [0.4, 0.5) is 0 Å². The van der Waals surface area contributed by atoms with Crippen LogP contribution in [0.5, 0.6) is 0 Å². The third kappa shape index (κ3) is 4.49. The average Bonchev–Trinajstić information content (AvgIpc) is 2.21. The van der Waals surface area contributed by atoms with E-state index < -0.39 is 0 Å². The van der Waals surface area contributed by atoms with Gasteiger partial charge in [0.1, 0.15) is 0 Å². The smallest absolute Gasteiger partial charge is 0.0593 e. The summed E-state index contributed by atoms with van der Waals surface area (Å²) in [6.45, 7) is 11.9. The summed E-state index contributed by atoms with van der Waals surface area (Å²) < 4.78 is 5.61. The Bertz CT molecular complexity index is 154. The lowest BCUT2D eigenvalue weighted by Gasteiger charge is -2.39. The van der Waals surface area contributed by atoms with Gasteiger partial charge in [-0.3, -0.25) is 4.90 Å². The van der Waals surface area contributed by atoms with Gasteiger partial charge in [0.05, 0.1) is 6.61 Å². The topological polar surface area (TPSA) is 24.5 Å². The van der Waals surface area contributed by atoms with Gasteiger partial charge in [-0.1, -0.05) is 13.3 Å². The first-order chi connectivity index (χ1) is 7.25. The van der Waals surface area contributed by atoms with Crippen molar-refractivity contribution in [1.82, 2.24) is 10.2 Å². The normalized spacial score (nSPS) is 28.2. The minimum Gasteiger partial charge on any atom is -0.380 e. The molecule has 1 rings (SSSR count). The molecule has 90 valence electrons. The highest BCUT2D eigenvalue weighted by molar-refractivity contribution is 4.81. The zero-order chi connectivity index (χ0) is 11.1. The summed E-state index contributed by atoms with van der Waals surface area (Å²) in [6.07, 6.45) is 2.41. The second kappa shape index (κ2) is 7.20. The van der Waals surface area contributed by atoms with Crippen LogP contribution in [0.15, 0.2) is 0 Å². The van der Waals surface area contributed by atoms with Crippen molar-refractivity contribution in [3.63, 3.8) is 0 Å². The maximum atomic E-state index is 5.61. The molecular formula is C12H26N2O. The molecule has 2 unspecified atom stereocenters. The molecule has 1 aliphatic heterocycles. The molecule has 0 radical (unpaired) electrons. The SMILES string of the molecule is CCCCOCCN1C(C)CNCC1C. The zero-order valence-electron chi connectivity index (χ0n) is 10.5. The fourth-order valence-corrected chi connectivity index (χ4v) is 2.13. The maximum Gasteiger partial charge on any atom is 0.0593 e. The minimum atomic E-state index is 0.642. The second-order valence-electron chi connectivity index (χ2n) is 4.56. The summed E-state index contributed by atoms with van der Waals surface area (Å²) in [7, 11) is 0. The lowest BCUT2D eigenvalue weighted by atomic mass is 10.1. The van der Waals surface area contributed by atoms with Gasteiger partial charge in [0.25, 0.3) is 0 Å². The molecule has 1 N–H and O–H groups in total. The molecule has 0 aliphatic carbocycles. The van der Waals surface area contributed by atoms with Gasteiger partial charge in [0.15, 0.2) is 0 Å². The Morgan fingerprint density at radius 1 is 1.20 bits per heavy atom. The number of rotatable bonds is 6. The molecule has 0 aromatic rings. The first kappa shape index (κ1) is 12.9. The third-order valence-electron chi connectivity index (χ3n) is 3.15. The molecule has 3 heteroatoms. The first-order valence-corrected chi connectivity index (χ1v) is 6.30. The maximum absolute atomic E-state index is 5.61. The van der Waals surface area contributed by atoms with Crippen molar-refractivity contribution in [1.29, 1.82) is 0 Å². The molecule has 0 spiro atoms. The summed E-state index contributed by atoms with van der Waals surface area (Å²) in [6, 6.07) is 1.28. The summed E-state index contributed by atoms with van der Waals surface area (Å²) in [5.74, 6) is 0. The number of piperazine rings is 1. The van der Waals surface area contributed by atoms with E-state index in [4.69, 9.17) is 4.74 Å². The van der Waals surface area contributed by atoms with Crippen LogP contribution in [0.3, 0.4) is 0 Å². The van der Waals surface area contributed by atoms with E-state index in [1.54, 1.807) is 0 Å². The minimum absolute atomic E-state index is 0.642. The van der Waals surface area contributed by atoms with Gasteiger partial charge in [0, 0.05) is 38.3 Å². The van der Waals surface area contributed by atoms with E-state index in [9.17, 15) is 0 Å². The van der Waals surface area contributed by atoms with Gasteiger partial charge >= 0.3 is 0 Å². The van der Waals surface area contributed by atoms with E-state index in [1.165, 1.54) is 12.8 Å². The number of hydrogen-bond acceptors (Lipinski definition) is 3. The van der Waals surface area contributed by atoms with Crippen molar-refractivity contribution >= 4 is 0 Å². The standard InChI is InChI=1S/C12H26N2O/c1-4-5-7-15-8-6-14-11(2)9-13-10-12(14)3/h11-13H,4-10H2,1-3H3. The van der Waals surface area contributed by atoms with E-state index >= 15 is 0 Å². The molecule has 0 aromatic carbocycles. The van der Waals surface area contributed by atoms with Gasteiger partial charge in [0.2, 0.25) is 0 Å². The lowest BCUT2D eigenvalue weighted by molar-refractivity contribution is 0.0557. The van der Waals surface area contributed by atoms with Crippen molar-refractivity contribution in [2.45, 2.75) is 45.7 Å². The second-order valence-corrected chi connectivity index (χ2v) is 4.56. The van der Waals surface area contributed by atoms with Gasteiger partial charge < -0.3 is 10.1 Å². The monoisotopic (exact) mass is 214 g/mol. The Kier molecular flexibility index (Phi) is 6.22. The highest BCUT2D eigenvalue weighted by Crippen LogP contribution is 2.08. The van der Waals surface area contributed by atoms with Crippen LogP contribution in [-0.2, 0) is 4.74 Å². The summed E-state index contributed by atoms with van der Waals surface area (Å²) >= 11 is 0. The van der Waals surface area contributed by atoms with Crippen LogP contribution >= 0.6 is 0 Å². The molecule has 2 atom stereocenters. The van der Waals surface area contributed by atoms with Crippen molar-refractivity contribution < 1.29 is 4.74 Å². The molecule has 1 saturated heterocycles. The molecule has 1 fully saturated rings. The summed E-state index contributed by atoms with van der Waals surface area (Å²) in [5, 5.41) is 3.44. The fourth-order valence-electron chi connectivity index (χ4n) is 2.13. The predicted molar refractivity (Wildman–Crippen MR) is 64.2 cm³/mol. The summed E-state index contributed by atoms with van der Waals surface area (Å²) in [5.41, 5.74) is 0. The van der Waals surface area contributed by atoms with Crippen LogP contribution in [0.1, 0.15) is 33.6 Å². The van der Waals surface area contributed by atoms with Gasteiger partial charge in [-0.05, 0) is 20.3 Å². The fraction of sp³-hybridized carbons (Fsp3) is 1.00. The number of unbranched alkanes of at least 4 members (excludes halogenated alkanes) is 1. The van der Waals surface area contributed by atoms with Gasteiger partial charge in [-0.15, -0.1) is 0 Å². The van der Waals surface area contributed by atoms with E-state index in [0.29, 0.717) is 12.1 Å². The van der Waals surface area contributed by atoms with Crippen LogP contribution in [-0.4, -0.2) is 49.8 Å². The Morgan fingerprint density at radius 3 is 2.47 bits per heavy atom. The van der Waals surface area contributed by atoms with Crippen molar-refractivity contribution in [2.24, 2.45) is 0 Å². The van der Waals surface area contributed by atoms with Crippen LogP contribution in [0.2, 0.25) is 0 Å². The zero-order valence-corrected chi connectivity index (χ0v) is 10.5. The highest BCUT2D eigenvalue weighted by Gasteiger charge is 2.23. The lowest BCUT2D eigenvalue weighted by Crippen LogP contribution is -2.55. The van der Waals surface area contributed by atoms with Crippen LogP contribution < -0.4 is 5.32 Å². The predicted octanol–water partition coefficient (Wildman–Crippen LogP) is 1.49. The number of nitrogens with zero attached hydrogens (tertiary/aromatic N) is 1. The quantitative estimate of drug-likeness (QED) is 0.678.